The number of anilines is 1. The van der Waals surface area contributed by atoms with E-state index in [0.717, 1.165) is 12.1 Å². The van der Waals surface area contributed by atoms with E-state index in [2.05, 4.69) is 20.7 Å². The second kappa shape index (κ2) is 8.26. The van der Waals surface area contributed by atoms with Gasteiger partial charge in [0.1, 0.15) is 0 Å². The van der Waals surface area contributed by atoms with Crippen molar-refractivity contribution in [1.82, 2.24) is 10.4 Å². The molecule has 1 rings (SSSR count). The second-order valence-corrected chi connectivity index (χ2v) is 3.44. The molecule has 0 aliphatic heterocycles. The van der Waals surface area contributed by atoms with Crippen LogP contribution in [0.2, 0.25) is 0 Å². The Hall–Kier alpha value is -1.86. The van der Waals surface area contributed by atoms with Crippen molar-refractivity contribution in [2.24, 2.45) is 10.8 Å². The molecule has 0 radical (unpaired) electrons. The number of hydrogen-bond acceptors (Lipinski definition) is 5. The van der Waals surface area contributed by atoms with Gasteiger partial charge in [-0.15, -0.1) is 0 Å². The lowest BCUT2D eigenvalue weighted by atomic mass is 10.4. The molecule has 4 N–H and O–H groups in total. The van der Waals surface area contributed by atoms with Crippen LogP contribution in [0.3, 0.4) is 0 Å². The normalized spacial score (nSPS) is 11.2. The summed E-state index contributed by atoms with van der Waals surface area (Å²) in [5.41, 5.74) is 3.27. The summed E-state index contributed by atoms with van der Waals surface area (Å²) >= 11 is 0. The Balaban J connectivity index is 2.50. The van der Waals surface area contributed by atoms with E-state index in [0.29, 0.717) is 25.0 Å². The number of ether oxygens (including phenoxy) is 2. The van der Waals surface area contributed by atoms with E-state index in [9.17, 15) is 0 Å². The maximum absolute atomic E-state index is 5.37. The number of hydrogen-bond donors (Lipinski definition) is 3. The van der Waals surface area contributed by atoms with E-state index in [4.69, 9.17) is 15.3 Å². The lowest BCUT2D eigenvalue weighted by Crippen LogP contribution is -2.36. The summed E-state index contributed by atoms with van der Waals surface area (Å²) in [6.07, 6.45) is 2.48. The van der Waals surface area contributed by atoms with Gasteiger partial charge in [0.15, 0.2) is 0 Å². The third kappa shape index (κ3) is 4.98. The maximum Gasteiger partial charge on any atom is 0.213 e. The summed E-state index contributed by atoms with van der Waals surface area (Å²) in [6, 6.07) is 3.58. The third-order valence-corrected chi connectivity index (χ3v) is 2.12. The smallest absolute Gasteiger partial charge is 0.213 e. The van der Waals surface area contributed by atoms with Crippen molar-refractivity contribution in [2.75, 3.05) is 32.7 Å². The van der Waals surface area contributed by atoms with Crippen LogP contribution in [0, 0.1) is 0 Å². The first-order valence-corrected chi connectivity index (χ1v) is 5.57. The zero-order valence-electron chi connectivity index (χ0n) is 10.6. The van der Waals surface area contributed by atoms with Gasteiger partial charge in [0.05, 0.1) is 19.0 Å². The highest BCUT2D eigenvalue weighted by Gasteiger charge is 1.99. The first kappa shape index (κ1) is 14.2. The number of nitrogens with one attached hydrogen (secondary N) is 2. The van der Waals surface area contributed by atoms with Gasteiger partial charge in [-0.25, -0.2) is 10.8 Å². The van der Waals surface area contributed by atoms with E-state index in [1.807, 2.05) is 6.07 Å². The quantitative estimate of drug-likeness (QED) is 0.223. The molecule has 0 bridgehead atoms. The fraction of sp³-hybridized carbons (Fsp3) is 0.455. The molecule has 0 aromatic carbocycles. The molecule has 7 heteroatoms. The van der Waals surface area contributed by atoms with Crippen LogP contribution in [0.25, 0.3) is 0 Å². The lowest BCUT2D eigenvalue weighted by Gasteiger charge is -2.09. The second-order valence-electron chi connectivity index (χ2n) is 3.44. The van der Waals surface area contributed by atoms with Gasteiger partial charge in [-0.3, -0.25) is 10.4 Å². The van der Waals surface area contributed by atoms with Crippen molar-refractivity contribution in [3.8, 4) is 5.88 Å². The molecule has 0 aliphatic rings. The highest BCUT2D eigenvalue weighted by Crippen LogP contribution is 2.10. The highest BCUT2D eigenvalue weighted by molar-refractivity contribution is 5.93. The number of rotatable bonds is 6. The summed E-state index contributed by atoms with van der Waals surface area (Å²) in [7, 11) is 3.23. The van der Waals surface area contributed by atoms with Gasteiger partial charge in [-0.2, -0.15) is 0 Å². The van der Waals surface area contributed by atoms with Crippen molar-refractivity contribution >= 4 is 11.6 Å². The molecule has 0 atom stereocenters. The largest absolute Gasteiger partial charge is 0.481 e. The average Bonchev–Trinajstić information content (AvgIpc) is 2.43. The van der Waals surface area contributed by atoms with E-state index in [1.54, 1.807) is 26.5 Å². The number of methoxy groups -OCH3 is 2. The summed E-state index contributed by atoms with van der Waals surface area (Å²) in [5, 5.41) is 3.01. The number of aromatic nitrogens is 1. The maximum atomic E-state index is 5.37. The number of aliphatic imine (C=N–C) groups is 1. The zero-order chi connectivity index (χ0) is 13.2. The molecule has 0 unspecified atom stereocenters. The van der Waals surface area contributed by atoms with Crippen LogP contribution in [0.4, 0.5) is 5.69 Å². The van der Waals surface area contributed by atoms with Gasteiger partial charge in [-0.1, -0.05) is 0 Å². The molecular weight excluding hydrogens is 234 g/mol. The lowest BCUT2D eigenvalue weighted by molar-refractivity contribution is 0.197. The molecule has 100 valence electrons. The number of pyridine rings is 1. The molecule has 0 amide bonds. The standard InChI is InChI=1S/C11H19N5O2/c1-17-7-3-6-13-11(16-12)15-9-4-5-10(18-2)14-8-9/h4-5,8H,3,6-7,12H2,1-2H3,(H2,13,15,16). The van der Waals surface area contributed by atoms with Crippen molar-refractivity contribution in [1.29, 1.82) is 0 Å². The van der Waals surface area contributed by atoms with Gasteiger partial charge in [0.2, 0.25) is 11.8 Å². The first-order chi connectivity index (χ1) is 8.80. The van der Waals surface area contributed by atoms with Crippen molar-refractivity contribution in [3.63, 3.8) is 0 Å². The van der Waals surface area contributed by atoms with Gasteiger partial charge in [0, 0.05) is 26.3 Å². The number of guanidine groups is 1. The Kier molecular flexibility index (Phi) is 6.52. The van der Waals surface area contributed by atoms with E-state index in [-0.39, 0.29) is 0 Å². The predicted molar refractivity (Wildman–Crippen MR) is 70.5 cm³/mol. The molecule has 7 nitrogen and oxygen atoms in total. The Morgan fingerprint density at radius 2 is 2.28 bits per heavy atom. The molecule has 18 heavy (non-hydrogen) atoms. The summed E-state index contributed by atoms with van der Waals surface area (Å²) < 4.78 is 9.90. The molecule has 0 spiro atoms. The minimum absolute atomic E-state index is 0.484. The molecule has 0 fully saturated rings. The van der Waals surface area contributed by atoms with Crippen molar-refractivity contribution in [3.05, 3.63) is 18.3 Å². The van der Waals surface area contributed by atoms with Crippen molar-refractivity contribution < 1.29 is 9.47 Å². The highest BCUT2D eigenvalue weighted by atomic mass is 16.5. The fourth-order valence-corrected chi connectivity index (χ4v) is 1.23. The molecule has 1 aromatic rings. The molecule has 1 aromatic heterocycles. The van der Waals surface area contributed by atoms with Crippen LogP contribution in [0.1, 0.15) is 6.42 Å². The topological polar surface area (TPSA) is 93.8 Å². The first-order valence-electron chi connectivity index (χ1n) is 5.57. The monoisotopic (exact) mass is 253 g/mol. The number of nitrogens with zero attached hydrogens (tertiary/aromatic N) is 2. The Bertz CT molecular complexity index is 366. The Labute approximate surface area is 106 Å². The summed E-state index contributed by atoms with van der Waals surface area (Å²) in [4.78, 5) is 8.31. The minimum Gasteiger partial charge on any atom is -0.481 e. The molecule has 0 saturated carbocycles. The zero-order valence-corrected chi connectivity index (χ0v) is 10.6. The molecular formula is C11H19N5O2. The van der Waals surface area contributed by atoms with Crippen molar-refractivity contribution in [2.45, 2.75) is 6.42 Å². The fourth-order valence-electron chi connectivity index (χ4n) is 1.23. The van der Waals surface area contributed by atoms with Gasteiger partial charge in [-0.05, 0) is 12.5 Å². The molecule has 1 heterocycles. The Morgan fingerprint density at radius 3 is 2.83 bits per heavy atom. The van der Waals surface area contributed by atoms with Crippen LogP contribution in [-0.2, 0) is 4.74 Å². The Morgan fingerprint density at radius 1 is 1.44 bits per heavy atom. The van der Waals surface area contributed by atoms with Crippen LogP contribution < -0.4 is 21.3 Å². The summed E-state index contributed by atoms with van der Waals surface area (Å²) in [5.74, 6) is 6.41. The van der Waals surface area contributed by atoms with Crippen LogP contribution in [0.15, 0.2) is 23.3 Å². The van der Waals surface area contributed by atoms with E-state index >= 15 is 0 Å². The van der Waals surface area contributed by atoms with E-state index in [1.165, 1.54) is 0 Å². The SMILES string of the molecule is COCCCN=C(NN)Nc1ccc(OC)nc1. The predicted octanol–water partition coefficient (Wildman–Crippen LogP) is 0.358. The van der Waals surface area contributed by atoms with Gasteiger partial charge >= 0.3 is 0 Å². The van der Waals surface area contributed by atoms with E-state index < -0.39 is 0 Å². The number of nitrogens with two attached hydrogens (primary N) is 1. The van der Waals surface area contributed by atoms with Gasteiger partial charge < -0.3 is 14.8 Å². The van der Waals surface area contributed by atoms with Crippen LogP contribution in [0.5, 0.6) is 5.88 Å². The van der Waals surface area contributed by atoms with Crippen LogP contribution in [-0.4, -0.2) is 38.3 Å². The molecule has 0 aliphatic carbocycles. The average molecular weight is 253 g/mol. The number of hydrazine groups is 1. The molecule has 0 saturated heterocycles. The summed E-state index contributed by atoms with van der Waals surface area (Å²) in [6.45, 7) is 1.30. The van der Waals surface area contributed by atoms with Crippen LogP contribution >= 0.6 is 0 Å². The van der Waals surface area contributed by atoms with Gasteiger partial charge in [0.25, 0.3) is 0 Å². The minimum atomic E-state index is 0.484. The third-order valence-electron chi connectivity index (χ3n) is 2.12.